The molecule has 1 aromatic carbocycles. The zero-order valence-electron chi connectivity index (χ0n) is 14.1. The number of oxazole rings is 1. The topological polar surface area (TPSA) is 55.3 Å². The molecule has 2 N–H and O–H groups in total. The van der Waals surface area contributed by atoms with Crippen molar-refractivity contribution < 1.29 is 4.42 Å². The van der Waals surface area contributed by atoms with Crippen LogP contribution in [0.25, 0.3) is 11.5 Å². The molecule has 0 saturated carbocycles. The minimum absolute atomic E-state index is 0. The summed E-state index contributed by atoms with van der Waals surface area (Å²) in [7, 11) is 0. The van der Waals surface area contributed by atoms with Crippen LogP contribution in [0.4, 0.5) is 0 Å². The lowest BCUT2D eigenvalue weighted by Crippen LogP contribution is -2.52. The Hall–Kier alpha value is -1.36. The van der Waals surface area contributed by atoms with Gasteiger partial charge in [0.25, 0.3) is 0 Å². The van der Waals surface area contributed by atoms with E-state index in [1.807, 2.05) is 37.3 Å². The Labute approximate surface area is 144 Å². The summed E-state index contributed by atoms with van der Waals surface area (Å²) in [5.41, 5.74) is 8.43. The first-order chi connectivity index (χ1) is 10.5. The monoisotopic (exact) mass is 335 g/mol. The smallest absolute Gasteiger partial charge is 0.226 e. The number of likely N-dealkylation sites (tertiary alicyclic amines) is 1. The molecule has 23 heavy (non-hydrogen) atoms. The summed E-state index contributed by atoms with van der Waals surface area (Å²) in [6.07, 6.45) is 1.04. The average molecular weight is 336 g/mol. The Morgan fingerprint density at radius 3 is 2.65 bits per heavy atom. The molecule has 1 aliphatic heterocycles. The molecule has 0 aliphatic carbocycles. The molecule has 0 bridgehead atoms. The van der Waals surface area contributed by atoms with Crippen molar-refractivity contribution in [1.29, 1.82) is 0 Å². The Balaban J connectivity index is 0.00000192. The van der Waals surface area contributed by atoms with E-state index in [9.17, 15) is 0 Å². The van der Waals surface area contributed by atoms with E-state index in [0.29, 0.717) is 5.89 Å². The van der Waals surface area contributed by atoms with E-state index >= 15 is 0 Å². The van der Waals surface area contributed by atoms with Gasteiger partial charge in [0.15, 0.2) is 0 Å². The van der Waals surface area contributed by atoms with Crippen LogP contribution in [-0.2, 0) is 6.54 Å². The number of nitrogens with two attached hydrogens (primary N) is 1. The molecule has 1 fully saturated rings. The molecule has 4 nitrogen and oxygen atoms in total. The van der Waals surface area contributed by atoms with Gasteiger partial charge in [-0.15, -0.1) is 12.4 Å². The number of hydrogen-bond acceptors (Lipinski definition) is 4. The largest absolute Gasteiger partial charge is 0.441 e. The molecule has 126 valence electrons. The van der Waals surface area contributed by atoms with Gasteiger partial charge in [0.05, 0.1) is 5.69 Å². The van der Waals surface area contributed by atoms with Gasteiger partial charge in [0.2, 0.25) is 5.89 Å². The summed E-state index contributed by atoms with van der Waals surface area (Å²) in [6, 6.07) is 10.3. The molecular weight excluding hydrogens is 310 g/mol. The quantitative estimate of drug-likeness (QED) is 0.930. The summed E-state index contributed by atoms with van der Waals surface area (Å²) < 4.78 is 5.85. The van der Waals surface area contributed by atoms with Crippen LogP contribution in [-0.4, -0.2) is 29.0 Å². The van der Waals surface area contributed by atoms with Crippen LogP contribution in [0.15, 0.2) is 34.7 Å². The Bertz CT molecular complexity index is 639. The van der Waals surface area contributed by atoms with E-state index < -0.39 is 0 Å². The van der Waals surface area contributed by atoms with Crippen LogP contribution in [0, 0.1) is 12.3 Å². The summed E-state index contributed by atoms with van der Waals surface area (Å²) in [5.74, 6) is 1.62. The highest BCUT2D eigenvalue weighted by atomic mass is 35.5. The highest BCUT2D eigenvalue weighted by molar-refractivity contribution is 5.85. The number of aromatic nitrogens is 1. The maximum atomic E-state index is 6.22. The second-order valence-electron chi connectivity index (χ2n) is 6.98. The standard InChI is InChI=1S/C18H25N3O.ClH/c1-13-15(11-21-10-9-16(19)18(2,3)12-21)20-17(22-13)14-7-5-4-6-8-14;/h4-8,16H,9-12,19H2,1-3H3;1H. The number of halogens is 1. The molecule has 1 atom stereocenters. The average Bonchev–Trinajstić information content (AvgIpc) is 2.85. The number of aryl methyl sites for hydroxylation is 1. The van der Waals surface area contributed by atoms with Crippen LogP contribution < -0.4 is 5.73 Å². The minimum atomic E-state index is 0. The van der Waals surface area contributed by atoms with Gasteiger partial charge in [-0.25, -0.2) is 4.98 Å². The molecule has 2 heterocycles. The van der Waals surface area contributed by atoms with E-state index in [0.717, 1.165) is 43.1 Å². The normalized spacial score (nSPS) is 21.0. The third-order valence-electron chi connectivity index (χ3n) is 4.68. The second kappa shape index (κ2) is 7.04. The number of hydrogen-bond donors (Lipinski definition) is 1. The van der Waals surface area contributed by atoms with Crippen LogP contribution in [0.1, 0.15) is 31.7 Å². The number of benzene rings is 1. The molecule has 2 aromatic rings. The van der Waals surface area contributed by atoms with Gasteiger partial charge < -0.3 is 10.2 Å². The molecular formula is C18H26ClN3O. The van der Waals surface area contributed by atoms with Gasteiger partial charge in [-0.1, -0.05) is 32.0 Å². The van der Waals surface area contributed by atoms with E-state index in [1.165, 1.54) is 0 Å². The first kappa shape index (κ1) is 18.0. The lowest BCUT2D eigenvalue weighted by molar-refractivity contribution is 0.0887. The number of nitrogens with zero attached hydrogens (tertiary/aromatic N) is 2. The lowest BCUT2D eigenvalue weighted by atomic mass is 9.79. The third kappa shape index (κ3) is 3.94. The molecule has 1 unspecified atom stereocenters. The molecule has 0 spiro atoms. The number of rotatable bonds is 3. The second-order valence-corrected chi connectivity index (χ2v) is 6.98. The van der Waals surface area contributed by atoms with E-state index in [4.69, 9.17) is 15.1 Å². The predicted octanol–water partition coefficient (Wildman–Crippen LogP) is 3.63. The summed E-state index contributed by atoms with van der Waals surface area (Å²) in [4.78, 5) is 7.13. The highest BCUT2D eigenvalue weighted by Crippen LogP contribution is 2.29. The van der Waals surface area contributed by atoms with Crippen molar-refractivity contribution in [1.82, 2.24) is 9.88 Å². The molecule has 1 aromatic heterocycles. The van der Waals surface area contributed by atoms with Crippen molar-refractivity contribution in [2.75, 3.05) is 13.1 Å². The van der Waals surface area contributed by atoms with Crippen molar-refractivity contribution in [2.24, 2.45) is 11.1 Å². The molecule has 0 amide bonds. The Morgan fingerprint density at radius 2 is 2.00 bits per heavy atom. The number of piperidine rings is 1. The minimum Gasteiger partial charge on any atom is -0.441 e. The summed E-state index contributed by atoms with van der Waals surface area (Å²) in [5, 5.41) is 0. The Kier molecular flexibility index (Phi) is 5.50. The van der Waals surface area contributed by atoms with E-state index in [-0.39, 0.29) is 23.9 Å². The van der Waals surface area contributed by atoms with Gasteiger partial charge in [-0.2, -0.15) is 0 Å². The molecule has 1 aliphatic rings. The van der Waals surface area contributed by atoms with Gasteiger partial charge >= 0.3 is 0 Å². The van der Waals surface area contributed by atoms with Crippen LogP contribution in [0.3, 0.4) is 0 Å². The van der Waals surface area contributed by atoms with Gasteiger partial charge in [0, 0.05) is 31.2 Å². The van der Waals surface area contributed by atoms with Crippen LogP contribution >= 0.6 is 12.4 Å². The predicted molar refractivity (Wildman–Crippen MR) is 95.6 cm³/mol. The van der Waals surface area contributed by atoms with E-state index in [2.05, 4.69) is 18.7 Å². The molecule has 0 radical (unpaired) electrons. The fourth-order valence-corrected chi connectivity index (χ4v) is 3.11. The van der Waals surface area contributed by atoms with Crippen molar-refractivity contribution in [3.05, 3.63) is 41.8 Å². The maximum Gasteiger partial charge on any atom is 0.226 e. The fourth-order valence-electron chi connectivity index (χ4n) is 3.11. The maximum absolute atomic E-state index is 6.22. The van der Waals surface area contributed by atoms with Gasteiger partial charge in [-0.3, -0.25) is 4.90 Å². The van der Waals surface area contributed by atoms with E-state index in [1.54, 1.807) is 0 Å². The highest BCUT2D eigenvalue weighted by Gasteiger charge is 2.33. The van der Waals surface area contributed by atoms with Gasteiger partial charge in [0.1, 0.15) is 5.76 Å². The van der Waals surface area contributed by atoms with Crippen LogP contribution in [0.5, 0.6) is 0 Å². The van der Waals surface area contributed by atoms with Gasteiger partial charge in [-0.05, 0) is 30.9 Å². The summed E-state index contributed by atoms with van der Waals surface area (Å²) >= 11 is 0. The van der Waals surface area contributed by atoms with Crippen molar-refractivity contribution in [3.8, 4) is 11.5 Å². The van der Waals surface area contributed by atoms with Crippen molar-refractivity contribution in [2.45, 2.75) is 39.8 Å². The summed E-state index contributed by atoms with van der Waals surface area (Å²) in [6.45, 7) is 9.34. The van der Waals surface area contributed by atoms with Crippen molar-refractivity contribution in [3.63, 3.8) is 0 Å². The fraction of sp³-hybridized carbons (Fsp3) is 0.500. The molecule has 3 rings (SSSR count). The molecule has 1 saturated heterocycles. The lowest BCUT2D eigenvalue weighted by Gasteiger charge is -2.42. The first-order valence-corrected chi connectivity index (χ1v) is 7.95. The third-order valence-corrected chi connectivity index (χ3v) is 4.68. The SMILES string of the molecule is Cc1oc(-c2ccccc2)nc1CN1CCC(N)C(C)(C)C1.Cl. The Morgan fingerprint density at radius 1 is 1.30 bits per heavy atom. The van der Waals surface area contributed by atoms with Crippen molar-refractivity contribution >= 4 is 12.4 Å². The molecule has 5 heteroatoms. The van der Waals surface area contributed by atoms with Crippen LogP contribution in [0.2, 0.25) is 0 Å². The zero-order valence-corrected chi connectivity index (χ0v) is 14.9. The first-order valence-electron chi connectivity index (χ1n) is 7.95. The zero-order chi connectivity index (χ0) is 15.7.